The van der Waals surface area contributed by atoms with Crippen molar-refractivity contribution >= 4 is 34.8 Å². The Labute approximate surface area is 168 Å². The van der Waals surface area contributed by atoms with Crippen LogP contribution >= 0.6 is 11.6 Å². The van der Waals surface area contributed by atoms with Gasteiger partial charge in [0.25, 0.3) is 5.69 Å². The minimum atomic E-state index is -0.544. The number of carbonyl (C=O) groups excluding carboxylic acids is 1. The predicted molar refractivity (Wildman–Crippen MR) is 109 cm³/mol. The molecule has 2 N–H and O–H groups in total. The quantitative estimate of drug-likeness (QED) is 0.571. The van der Waals surface area contributed by atoms with Crippen LogP contribution in [0.3, 0.4) is 0 Å². The molecule has 1 aliphatic rings. The van der Waals surface area contributed by atoms with Gasteiger partial charge in [-0.15, -0.1) is 0 Å². The third kappa shape index (κ3) is 5.32. The minimum Gasteiger partial charge on any atom is -0.357 e. The van der Waals surface area contributed by atoms with Crippen LogP contribution in [0.4, 0.5) is 22.0 Å². The maximum absolute atomic E-state index is 12.1. The number of anilines is 2. The molecule has 2 heterocycles. The molecule has 1 aliphatic heterocycles. The van der Waals surface area contributed by atoms with E-state index in [1.807, 2.05) is 12.1 Å². The van der Waals surface area contributed by atoms with Crippen LogP contribution in [0, 0.1) is 10.1 Å². The molecule has 0 unspecified atom stereocenters. The Hall–Kier alpha value is -2.87. The summed E-state index contributed by atoms with van der Waals surface area (Å²) < 4.78 is 0. The second kappa shape index (κ2) is 9.36. The fraction of sp³-hybridized carbons (Fsp3) is 0.368. The molecule has 0 saturated carbocycles. The monoisotopic (exact) mass is 403 g/mol. The van der Waals surface area contributed by atoms with Gasteiger partial charge in [0.05, 0.1) is 15.6 Å². The SMILES string of the molecule is O=C(NCc1ccc(N2CCCCCC2)nc1)Nc1ccc([N+](=O)[O-])cc1Cl. The average molecular weight is 404 g/mol. The maximum atomic E-state index is 12.1. The van der Waals surface area contributed by atoms with E-state index in [2.05, 4.69) is 20.5 Å². The van der Waals surface area contributed by atoms with Gasteiger partial charge >= 0.3 is 6.03 Å². The molecule has 0 atom stereocenters. The Morgan fingerprint density at radius 1 is 1.18 bits per heavy atom. The van der Waals surface area contributed by atoms with Crippen LogP contribution in [0.5, 0.6) is 0 Å². The molecule has 0 bridgehead atoms. The van der Waals surface area contributed by atoms with Gasteiger partial charge in [0, 0.05) is 38.0 Å². The zero-order chi connectivity index (χ0) is 19.9. The molecular weight excluding hydrogens is 382 g/mol. The van der Waals surface area contributed by atoms with Gasteiger partial charge in [0.1, 0.15) is 5.82 Å². The van der Waals surface area contributed by atoms with Gasteiger partial charge in [0.15, 0.2) is 0 Å². The number of hydrogen-bond donors (Lipinski definition) is 2. The first-order chi connectivity index (χ1) is 13.5. The summed E-state index contributed by atoms with van der Waals surface area (Å²) in [4.78, 5) is 29.1. The van der Waals surface area contributed by atoms with Gasteiger partial charge in [-0.25, -0.2) is 9.78 Å². The van der Waals surface area contributed by atoms with Gasteiger partial charge in [-0.2, -0.15) is 0 Å². The fourth-order valence-corrected chi connectivity index (χ4v) is 3.30. The Bertz CT molecular complexity index is 836. The topological polar surface area (TPSA) is 100 Å². The number of benzene rings is 1. The number of aromatic nitrogens is 1. The number of non-ortho nitro benzene ring substituents is 1. The number of nitro groups is 1. The van der Waals surface area contributed by atoms with Crippen molar-refractivity contribution in [2.75, 3.05) is 23.3 Å². The highest BCUT2D eigenvalue weighted by Crippen LogP contribution is 2.26. The Kier molecular flexibility index (Phi) is 6.65. The summed E-state index contributed by atoms with van der Waals surface area (Å²) in [6.45, 7) is 2.37. The van der Waals surface area contributed by atoms with E-state index >= 15 is 0 Å². The second-order valence-electron chi connectivity index (χ2n) is 6.65. The van der Waals surface area contributed by atoms with Crippen molar-refractivity contribution in [1.29, 1.82) is 0 Å². The summed E-state index contributed by atoms with van der Waals surface area (Å²) in [6.07, 6.45) is 6.69. The van der Waals surface area contributed by atoms with E-state index in [1.54, 1.807) is 6.20 Å². The zero-order valence-electron chi connectivity index (χ0n) is 15.4. The van der Waals surface area contributed by atoms with Gasteiger partial charge in [-0.3, -0.25) is 10.1 Å². The third-order valence-corrected chi connectivity index (χ3v) is 4.92. The molecular formula is C19H22ClN5O3. The normalized spacial score (nSPS) is 14.2. The first-order valence-electron chi connectivity index (χ1n) is 9.21. The number of carbonyl (C=O) groups is 1. The summed E-state index contributed by atoms with van der Waals surface area (Å²) >= 11 is 5.98. The summed E-state index contributed by atoms with van der Waals surface area (Å²) in [5.41, 5.74) is 1.05. The second-order valence-corrected chi connectivity index (χ2v) is 7.06. The molecule has 1 saturated heterocycles. The molecule has 1 aromatic carbocycles. The molecule has 0 radical (unpaired) electrons. The maximum Gasteiger partial charge on any atom is 0.319 e. The molecule has 1 aromatic heterocycles. The molecule has 1 fully saturated rings. The Morgan fingerprint density at radius 3 is 2.54 bits per heavy atom. The van der Waals surface area contributed by atoms with E-state index < -0.39 is 11.0 Å². The number of amides is 2. The molecule has 8 nitrogen and oxygen atoms in total. The van der Waals surface area contributed by atoms with Gasteiger partial charge in [-0.1, -0.05) is 30.5 Å². The van der Waals surface area contributed by atoms with Crippen molar-refractivity contribution in [3.63, 3.8) is 0 Å². The van der Waals surface area contributed by atoms with E-state index in [9.17, 15) is 14.9 Å². The predicted octanol–water partition coefficient (Wildman–Crippen LogP) is 4.35. The molecule has 2 amide bonds. The van der Waals surface area contributed by atoms with Crippen molar-refractivity contribution in [1.82, 2.24) is 10.3 Å². The van der Waals surface area contributed by atoms with Crippen molar-refractivity contribution < 1.29 is 9.72 Å². The summed E-state index contributed by atoms with van der Waals surface area (Å²) in [5, 5.41) is 16.1. The Morgan fingerprint density at radius 2 is 1.93 bits per heavy atom. The van der Waals surface area contributed by atoms with Crippen molar-refractivity contribution in [3.05, 3.63) is 57.2 Å². The standard InChI is InChI=1S/C19H22ClN5O3/c20-16-11-15(25(27)28)6-7-17(16)23-19(26)22-13-14-5-8-18(21-12-14)24-9-3-1-2-4-10-24/h5-8,11-12H,1-4,9-10,13H2,(H2,22,23,26). The molecule has 0 aliphatic carbocycles. The van der Waals surface area contributed by atoms with Gasteiger partial charge in [0.2, 0.25) is 0 Å². The van der Waals surface area contributed by atoms with E-state index in [-0.39, 0.29) is 10.7 Å². The first kappa shape index (κ1) is 19.9. The number of nitro benzene ring substituents is 1. The highest BCUT2D eigenvalue weighted by atomic mass is 35.5. The summed E-state index contributed by atoms with van der Waals surface area (Å²) in [6, 6.07) is 7.36. The van der Waals surface area contributed by atoms with Crippen LogP contribution in [0.15, 0.2) is 36.5 Å². The zero-order valence-corrected chi connectivity index (χ0v) is 16.1. The first-order valence-corrected chi connectivity index (χ1v) is 9.59. The van der Waals surface area contributed by atoms with Crippen LogP contribution < -0.4 is 15.5 Å². The lowest BCUT2D eigenvalue weighted by atomic mass is 10.2. The number of nitrogens with zero attached hydrogens (tertiary/aromatic N) is 3. The third-order valence-electron chi connectivity index (χ3n) is 4.60. The number of urea groups is 1. The average Bonchev–Trinajstić information content (AvgIpc) is 2.98. The minimum absolute atomic E-state index is 0.104. The number of hydrogen-bond acceptors (Lipinski definition) is 5. The van der Waals surface area contributed by atoms with Gasteiger partial charge in [-0.05, 0) is 30.5 Å². The largest absolute Gasteiger partial charge is 0.357 e. The van der Waals surface area contributed by atoms with E-state index in [0.29, 0.717) is 12.2 Å². The molecule has 9 heteroatoms. The Balaban J connectivity index is 1.52. The molecule has 0 spiro atoms. The van der Waals surface area contributed by atoms with Crippen LogP contribution in [-0.4, -0.2) is 29.0 Å². The van der Waals surface area contributed by atoms with E-state index in [4.69, 9.17) is 11.6 Å². The van der Waals surface area contributed by atoms with Crippen molar-refractivity contribution in [2.24, 2.45) is 0 Å². The summed E-state index contributed by atoms with van der Waals surface area (Å²) in [7, 11) is 0. The van der Waals surface area contributed by atoms with Crippen LogP contribution in [-0.2, 0) is 6.54 Å². The van der Waals surface area contributed by atoms with Gasteiger partial charge < -0.3 is 15.5 Å². The fourth-order valence-electron chi connectivity index (χ4n) is 3.08. The number of nitrogens with one attached hydrogen (secondary N) is 2. The highest BCUT2D eigenvalue weighted by Gasteiger charge is 2.12. The van der Waals surface area contributed by atoms with E-state index in [1.165, 1.54) is 43.9 Å². The smallest absolute Gasteiger partial charge is 0.319 e. The molecule has 28 heavy (non-hydrogen) atoms. The summed E-state index contributed by atoms with van der Waals surface area (Å²) in [5.74, 6) is 0.966. The lowest BCUT2D eigenvalue weighted by Crippen LogP contribution is -2.28. The van der Waals surface area contributed by atoms with Crippen molar-refractivity contribution in [2.45, 2.75) is 32.2 Å². The molecule has 3 rings (SSSR count). The molecule has 2 aromatic rings. The lowest BCUT2D eigenvalue weighted by molar-refractivity contribution is -0.384. The highest BCUT2D eigenvalue weighted by molar-refractivity contribution is 6.33. The van der Waals surface area contributed by atoms with Crippen LogP contribution in [0.1, 0.15) is 31.2 Å². The van der Waals surface area contributed by atoms with Crippen LogP contribution in [0.2, 0.25) is 5.02 Å². The van der Waals surface area contributed by atoms with Crippen molar-refractivity contribution in [3.8, 4) is 0 Å². The lowest BCUT2D eigenvalue weighted by Gasteiger charge is -2.21. The number of rotatable bonds is 5. The van der Waals surface area contributed by atoms with Crippen LogP contribution in [0.25, 0.3) is 0 Å². The molecule has 148 valence electrons. The van der Waals surface area contributed by atoms with E-state index in [0.717, 1.165) is 24.5 Å². The number of halogens is 1. The number of pyridine rings is 1.